The molecule has 0 spiro atoms. The number of halogens is 1. The molecule has 3 rings (SSSR count). The first kappa shape index (κ1) is 17.7. The molecule has 1 N–H and O–H groups in total. The number of carbonyl (C=O) groups is 1. The molecule has 1 amide bonds. The number of rotatable bonds is 8. The van der Waals surface area contributed by atoms with Gasteiger partial charge < -0.3 is 10.1 Å². The standard InChI is InChI=1S/C20H23ClN2O2/c1-15-13-17(4-5-18(15)21)25-12-2-3-19(24)23-14-20(8-9-20)16-6-10-22-11-7-16/h4-7,10-11,13H,2-3,8-9,12,14H2,1H3,(H,23,24). The molecule has 1 fully saturated rings. The van der Waals surface area contributed by atoms with Crippen LogP contribution in [0.3, 0.4) is 0 Å². The van der Waals surface area contributed by atoms with E-state index in [2.05, 4.69) is 10.3 Å². The first-order chi connectivity index (χ1) is 12.1. The third-order valence-corrected chi connectivity index (χ3v) is 5.14. The van der Waals surface area contributed by atoms with Crippen molar-refractivity contribution in [3.63, 3.8) is 0 Å². The van der Waals surface area contributed by atoms with Gasteiger partial charge in [0.2, 0.25) is 5.91 Å². The van der Waals surface area contributed by atoms with Crippen molar-refractivity contribution in [2.24, 2.45) is 0 Å². The summed E-state index contributed by atoms with van der Waals surface area (Å²) in [5, 5.41) is 3.80. The Hall–Kier alpha value is -2.07. The molecule has 4 nitrogen and oxygen atoms in total. The van der Waals surface area contributed by atoms with E-state index >= 15 is 0 Å². The Labute approximate surface area is 153 Å². The maximum absolute atomic E-state index is 12.1. The number of hydrogen-bond donors (Lipinski definition) is 1. The van der Waals surface area contributed by atoms with E-state index < -0.39 is 0 Å². The molecule has 5 heteroatoms. The van der Waals surface area contributed by atoms with Crippen LogP contribution >= 0.6 is 11.6 Å². The van der Waals surface area contributed by atoms with Crippen LogP contribution in [0.1, 0.15) is 36.8 Å². The number of benzene rings is 1. The van der Waals surface area contributed by atoms with Gasteiger partial charge in [0.1, 0.15) is 5.75 Å². The van der Waals surface area contributed by atoms with Gasteiger partial charge in [0, 0.05) is 35.8 Å². The van der Waals surface area contributed by atoms with Gasteiger partial charge >= 0.3 is 0 Å². The topological polar surface area (TPSA) is 51.2 Å². The molecule has 25 heavy (non-hydrogen) atoms. The maximum atomic E-state index is 12.1. The summed E-state index contributed by atoms with van der Waals surface area (Å²) < 4.78 is 5.67. The number of pyridine rings is 1. The van der Waals surface area contributed by atoms with Gasteiger partial charge in [-0.3, -0.25) is 9.78 Å². The lowest BCUT2D eigenvalue weighted by atomic mass is 9.97. The maximum Gasteiger partial charge on any atom is 0.220 e. The molecule has 2 aromatic rings. The van der Waals surface area contributed by atoms with E-state index in [0.717, 1.165) is 29.2 Å². The average Bonchev–Trinajstić information content (AvgIpc) is 3.42. The van der Waals surface area contributed by atoms with Crippen LogP contribution in [-0.2, 0) is 10.2 Å². The first-order valence-corrected chi connectivity index (χ1v) is 9.03. The second-order valence-corrected chi connectivity index (χ2v) is 7.06. The van der Waals surface area contributed by atoms with Gasteiger partial charge in [-0.05, 0) is 67.6 Å². The van der Waals surface area contributed by atoms with E-state index in [1.54, 1.807) is 0 Å². The van der Waals surface area contributed by atoms with E-state index in [9.17, 15) is 4.79 Å². The lowest BCUT2D eigenvalue weighted by molar-refractivity contribution is -0.121. The highest BCUT2D eigenvalue weighted by Crippen LogP contribution is 2.47. The average molecular weight is 359 g/mol. The van der Waals surface area contributed by atoms with E-state index in [0.29, 0.717) is 26.0 Å². The Balaban J connectivity index is 1.37. The van der Waals surface area contributed by atoms with Gasteiger partial charge in [-0.25, -0.2) is 0 Å². The Morgan fingerprint density at radius 1 is 1.28 bits per heavy atom. The van der Waals surface area contributed by atoms with Crippen molar-refractivity contribution in [1.29, 1.82) is 0 Å². The normalized spacial score (nSPS) is 14.8. The number of nitrogens with zero attached hydrogens (tertiary/aromatic N) is 1. The number of ether oxygens (including phenoxy) is 1. The summed E-state index contributed by atoms with van der Waals surface area (Å²) in [5.41, 5.74) is 2.38. The summed E-state index contributed by atoms with van der Waals surface area (Å²) >= 11 is 5.99. The SMILES string of the molecule is Cc1cc(OCCCC(=O)NCC2(c3ccncc3)CC2)ccc1Cl. The van der Waals surface area contributed by atoms with E-state index in [-0.39, 0.29) is 11.3 Å². The molecule has 1 aromatic carbocycles. The fourth-order valence-corrected chi connectivity index (χ4v) is 3.03. The highest BCUT2D eigenvalue weighted by atomic mass is 35.5. The smallest absolute Gasteiger partial charge is 0.220 e. The van der Waals surface area contributed by atoms with Gasteiger partial charge in [-0.1, -0.05) is 11.6 Å². The number of nitrogens with one attached hydrogen (secondary N) is 1. The van der Waals surface area contributed by atoms with Crippen molar-refractivity contribution in [2.75, 3.05) is 13.2 Å². The summed E-state index contributed by atoms with van der Waals surface area (Å²) in [5.74, 6) is 0.869. The van der Waals surface area contributed by atoms with Gasteiger partial charge in [-0.2, -0.15) is 0 Å². The van der Waals surface area contributed by atoms with Crippen molar-refractivity contribution < 1.29 is 9.53 Å². The molecule has 0 saturated heterocycles. The van der Waals surface area contributed by atoms with Crippen LogP contribution in [0.5, 0.6) is 5.75 Å². The first-order valence-electron chi connectivity index (χ1n) is 8.65. The third kappa shape index (κ3) is 4.73. The zero-order chi connectivity index (χ0) is 17.7. The largest absolute Gasteiger partial charge is 0.494 e. The van der Waals surface area contributed by atoms with Crippen LogP contribution in [0.4, 0.5) is 0 Å². The van der Waals surface area contributed by atoms with Gasteiger partial charge in [-0.15, -0.1) is 0 Å². The zero-order valence-electron chi connectivity index (χ0n) is 14.4. The molecule has 0 aliphatic heterocycles. The third-order valence-electron chi connectivity index (χ3n) is 4.72. The zero-order valence-corrected chi connectivity index (χ0v) is 15.2. The number of carbonyl (C=O) groups excluding carboxylic acids is 1. The van der Waals surface area contributed by atoms with Gasteiger partial charge in [0.05, 0.1) is 6.61 Å². The lowest BCUT2D eigenvalue weighted by Crippen LogP contribution is -2.32. The number of hydrogen-bond acceptors (Lipinski definition) is 3. The molecular weight excluding hydrogens is 336 g/mol. The van der Waals surface area contributed by atoms with Crippen LogP contribution in [0.2, 0.25) is 5.02 Å². The quantitative estimate of drug-likeness (QED) is 0.724. The van der Waals surface area contributed by atoms with Crippen molar-refractivity contribution in [3.8, 4) is 5.75 Å². The lowest BCUT2D eigenvalue weighted by Gasteiger charge is -2.16. The van der Waals surface area contributed by atoms with Crippen LogP contribution < -0.4 is 10.1 Å². The molecular formula is C20H23ClN2O2. The Bertz CT molecular complexity index is 730. The molecule has 0 radical (unpaired) electrons. The second-order valence-electron chi connectivity index (χ2n) is 6.66. The molecule has 0 atom stereocenters. The van der Waals surface area contributed by atoms with Gasteiger partial charge in [0.15, 0.2) is 0 Å². The second kappa shape index (κ2) is 7.87. The molecule has 0 unspecified atom stereocenters. The fraction of sp³-hybridized carbons (Fsp3) is 0.400. The minimum atomic E-state index is 0.0798. The Morgan fingerprint density at radius 2 is 2.04 bits per heavy atom. The minimum Gasteiger partial charge on any atom is -0.494 e. The monoisotopic (exact) mass is 358 g/mol. The number of aromatic nitrogens is 1. The van der Waals surface area contributed by atoms with Crippen molar-refractivity contribution in [1.82, 2.24) is 10.3 Å². The Kier molecular flexibility index (Phi) is 5.59. The highest BCUT2D eigenvalue weighted by molar-refractivity contribution is 6.31. The highest BCUT2D eigenvalue weighted by Gasteiger charge is 2.44. The number of amides is 1. The summed E-state index contributed by atoms with van der Waals surface area (Å²) in [7, 11) is 0. The van der Waals surface area contributed by atoms with E-state index in [4.69, 9.17) is 16.3 Å². The Morgan fingerprint density at radius 3 is 2.72 bits per heavy atom. The molecule has 1 aliphatic carbocycles. The fourth-order valence-electron chi connectivity index (χ4n) is 2.91. The molecule has 1 heterocycles. The van der Waals surface area contributed by atoms with Crippen molar-refractivity contribution in [2.45, 2.75) is 38.0 Å². The summed E-state index contributed by atoms with van der Waals surface area (Å²) in [4.78, 5) is 16.1. The van der Waals surface area contributed by atoms with E-state index in [1.165, 1.54) is 5.56 Å². The van der Waals surface area contributed by atoms with Crippen molar-refractivity contribution >= 4 is 17.5 Å². The minimum absolute atomic E-state index is 0.0798. The summed E-state index contributed by atoms with van der Waals surface area (Å²) in [6, 6.07) is 9.67. The van der Waals surface area contributed by atoms with Crippen molar-refractivity contribution in [3.05, 3.63) is 58.9 Å². The predicted molar refractivity (Wildman–Crippen MR) is 99.1 cm³/mol. The van der Waals surface area contributed by atoms with Crippen LogP contribution in [0, 0.1) is 6.92 Å². The molecule has 1 aliphatic rings. The molecule has 0 bridgehead atoms. The predicted octanol–water partition coefficient (Wildman–Crippen LogP) is 4.05. The van der Waals surface area contributed by atoms with Crippen LogP contribution in [-0.4, -0.2) is 24.0 Å². The molecule has 132 valence electrons. The van der Waals surface area contributed by atoms with Crippen LogP contribution in [0.25, 0.3) is 0 Å². The van der Waals surface area contributed by atoms with Crippen LogP contribution in [0.15, 0.2) is 42.7 Å². The molecule has 1 saturated carbocycles. The summed E-state index contributed by atoms with van der Waals surface area (Å²) in [6.45, 7) is 3.16. The van der Waals surface area contributed by atoms with Gasteiger partial charge in [0.25, 0.3) is 0 Å². The molecule has 1 aromatic heterocycles. The number of aryl methyl sites for hydroxylation is 1. The summed E-state index contributed by atoms with van der Waals surface area (Å²) in [6.07, 6.45) is 7.03. The van der Waals surface area contributed by atoms with E-state index in [1.807, 2.05) is 49.6 Å².